The van der Waals surface area contributed by atoms with Gasteiger partial charge in [0, 0.05) is 32.6 Å². The molecule has 2 N–H and O–H groups in total. The van der Waals surface area contributed by atoms with Gasteiger partial charge in [-0.3, -0.25) is 4.99 Å². The van der Waals surface area contributed by atoms with E-state index in [9.17, 15) is 12.8 Å². The minimum Gasteiger partial charge on any atom is -0.352 e. The number of rotatable bonds is 6. The third-order valence-corrected chi connectivity index (χ3v) is 7.08. The van der Waals surface area contributed by atoms with E-state index in [0.717, 1.165) is 10.4 Å². The number of benzene rings is 1. The van der Waals surface area contributed by atoms with Crippen molar-refractivity contribution in [2.75, 3.05) is 21.1 Å². The van der Waals surface area contributed by atoms with Gasteiger partial charge in [0.15, 0.2) is 5.96 Å². The Labute approximate surface area is 181 Å². The molecule has 0 saturated carbocycles. The molecule has 0 atom stereocenters. The van der Waals surface area contributed by atoms with Gasteiger partial charge < -0.3 is 10.6 Å². The van der Waals surface area contributed by atoms with Gasteiger partial charge in [-0.25, -0.2) is 17.1 Å². The van der Waals surface area contributed by atoms with Crippen LogP contribution in [0.3, 0.4) is 0 Å². The van der Waals surface area contributed by atoms with Crippen molar-refractivity contribution in [1.29, 1.82) is 0 Å². The number of sulfonamides is 1. The first-order chi connectivity index (χ1) is 12.2. The second kappa shape index (κ2) is 10.3. The highest BCUT2D eigenvalue weighted by atomic mass is 127. The summed E-state index contributed by atoms with van der Waals surface area (Å²) in [5, 5.41) is 6.30. The number of nitrogens with zero attached hydrogens (tertiary/aromatic N) is 2. The molecule has 0 spiro atoms. The lowest BCUT2D eigenvalue weighted by Gasteiger charge is -2.12. The van der Waals surface area contributed by atoms with E-state index in [1.165, 1.54) is 35.8 Å². The molecule has 150 valence electrons. The van der Waals surface area contributed by atoms with Crippen LogP contribution in [0.4, 0.5) is 4.39 Å². The minimum absolute atomic E-state index is 0. The van der Waals surface area contributed by atoms with Gasteiger partial charge >= 0.3 is 0 Å². The second-order valence-electron chi connectivity index (χ2n) is 5.87. The molecule has 0 aliphatic carbocycles. The highest BCUT2D eigenvalue weighted by Gasteiger charge is 2.19. The number of nitrogens with one attached hydrogen (secondary N) is 2. The Kier molecular flexibility index (Phi) is 9.12. The van der Waals surface area contributed by atoms with E-state index in [1.54, 1.807) is 38.2 Å². The maximum Gasteiger partial charge on any atom is 0.252 e. The molecule has 27 heavy (non-hydrogen) atoms. The summed E-state index contributed by atoms with van der Waals surface area (Å²) >= 11 is 1.22. The van der Waals surface area contributed by atoms with Crippen molar-refractivity contribution in [1.82, 2.24) is 14.9 Å². The smallest absolute Gasteiger partial charge is 0.252 e. The first-order valence-electron chi connectivity index (χ1n) is 7.95. The van der Waals surface area contributed by atoms with E-state index in [4.69, 9.17) is 0 Å². The molecule has 0 fully saturated rings. The molecule has 1 aromatic carbocycles. The minimum atomic E-state index is -3.41. The summed E-state index contributed by atoms with van der Waals surface area (Å²) in [6.07, 6.45) is 0. The van der Waals surface area contributed by atoms with Gasteiger partial charge in [0.05, 0.1) is 6.54 Å². The summed E-state index contributed by atoms with van der Waals surface area (Å²) in [5.74, 6) is 0.356. The van der Waals surface area contributed by atoms with Gasteiger partial charge in [-0.05, 0) is 36.2 Å². The summed E-state index contributed by atoms with van der Waals surface area (Å²) in [5.41, 5.74) is 1.54. The van der Waals surface area contributed by atoms with Gasteiger partial charge in [-0.15, -0.1) is 35.3 Å². The van der Waals surface area contributed by atoms with Crippen LogP contribution >= 0.6 is 35.3 Å². The Morgan fingerprint density at radius 3 is 2.44 bits per heavy atom. The first kappa shape index (κ1) is 23.8. The number of aryl methyl sites for hydroxylation is 1. The molecule has 2 aromatic rings. The normalized spacial score (nSPS) is 12.0. The fraction of sp³-hybridized carbons (Fsp3) is 0.353. The van der Waals surface area contributed by atoms with Crippen LogP contribution in [0.1, 0.15) is 16.0 Å². The predicted molar refractivity (Wildman–Crippen MR) is 119 cm³/mol. The largest absolute Gasteiger partial charge is 0.352 e. The van der Waals surface area contributed by atoms with Crippen molar-refractivity contribution < 1.29 is 12.8 Å². The summed E-state index contributed by atoms with van der Waals surface area (Å²) < 4.78 is 39.0. The van der Waals surface area contributed by atoms with Gasteiger partial charge in [-0.1, -0.05) is 12.1 Å². The van der Waals surface area contributed by atoms with Crippen LogP contribution in [-0.2, 0) is 23.1 Å². The van der Waals surface area contributed by atoms with Crippen molar-refractivity contribution in [3.05, 3.63) is 52.2 Å². The third kappa shape index (κ3) is 6.40. The number of aliphatic imine (C=N–C) groups is 1. The van der Waals surface area contributed by atoms with Crippen molar-refractivity contribution in [2.45, 2.75) is 24.2 Å². The maximum atomic E-state index is 13.3. The number of halogens is 2. The fourth-order valence-electron chi connectivity index (χ4n) is 2.17. The number of hydrogen-bond acceptors (Lipinski definition) is 4. The molecule has 0 radical (unpaired) electrons. The Morgan fingerprint density at radius 2 is 1.85 bits per heavy atom. The topological polar surface area (TPSA) is 73.8 Å². The molecule has 1 heterocycles. The molecule has 0 saturated heterocycles. The van der Waals surface area contributed by atoms with E-state index in [-0.39, 0.29) is 29.8 Å². The van der Waals surface area contributed by atoms with E-state index >= 15 is 0 Å². The summed E-state index contributed by atoms with van der Waals surface area (Å²) in [6, 6.07) is 8.34. The molecule has 6 nitrogen and oxygen atoms in total. The molecule has 0 aliphatic rings. The molecule has 0 amide bonds. The standard InChI is InChI=1S/C17H23FN4O2S2.HI/c1-12-9-13(5-7-15(12)18)10-20-17(19-2)21-11-14-6-8-16(25-14)26(23,24)22(3)4;/h5-9H,10-11H2,1-4H3,(H2,19,20,21);1H. The van der Waals surface area contributed by atoms with E-state index < -0.39 is 10.0 Å². The van der Waals surface area contributed by atoms with Gasteiger partial charge in [0.1, 0.15) is 10.0 Å². The van der Waals surface area contributed by atoms with E-state index in [2.05, 4.69) is 15.6 Å². The zero-order chi connectivity index (χ0) is 19.3. The molecular formula is C17H24FIN4O2S2. The molecule has 10 heteroatoms. The van der Waals surface area contributed by atoms with E-state index in [0.29, 0.717) is 28.8 Å². The molecule has 0 aliphatic heterocycles. The average molecular weight is 526 g/mol. The van der Waals surface area contributed by atoms with Crippen LogP contribution in [0.15, 0.2) is 39.5 Å². The Morgan fingerprint density at radius 1 is 1.19 bits per heavy atom. The predicted octanol–water partition coefficient (Wildman–Crippen LogP) is 2.93. The summed E-state index contributed by atoms with van der Waals surface area (Å²) in [6.45, 7) is 2.68. The van der Waals surface area contributed by atoms with E-state index in [1.807, 2.05) is 0 Å². The summed E-state index contributed by atoms with van der Waals surface area (Å²) in [4.78, 5) is 5.02. The molecular weight excluding hydrogens is 502 g/mol. The number of thiophene rings is 1. The molecule has 1 aromatic heterocycles. The Bertz CT molecular complexity index is 898. The fourth-order valence-corrected chi connectivity index (χ4v) is 4.63. The van der Waals surface area contributed by atoms with Crippen molar-refractivity contribution >= 4 is 51.3 Å². The molecule has 0 unspecified atom stereocenters. The maximum absolute atomic E-state index is 13.3. The third-order valence-electron chi connectivity index (χ3n) is 3.71. The lowest BCUT2D eigenvalue weighted by Crippen LogP contribution is -2.36. The zero-order valence-electron chi connectivity index (χ0n) is 15.6. The Balaban J connectivity index is 0.00000364. The zero-order valence-corrected chi connectivity index (χ0v) is 19.6. The average Bonchev–Trinajstić information content (AvgIpc) is 3.07. The van der Waals surface area contributed by atoms with Gasteiger partial charge in [0.25, 0.3) is 10.0 Å². The number of hydrogen-bond donors (Lipinski definition) is 2. The van der Waals surface area contributed by atoms with Crippen LogP contribution in [0.5, 0.6) is 0 Å². The van der Waals surface area contributed by atoms with Crippen LogP contribution in [0.25, 0.3) is 0 Å². The van der Waals surface area contributed by atoms with Crippen LogP contribution < -0.4 is 10.6 Å². The highest BCUT2D eigenvalue weighted by molar-refractivity contribution is 14.0. The van der Waals surface area contributed by atoms with Crippen molar-refractivity contribution in [3.63, 3.8) is 0 Å². The molecule has 0 bridgehead atoms. The monoisotopic (exact) mass is 526 g/mol. The number of guanidine groups is 1. The van der Waals surface area contributed by atoms with Crippen LogP contribution in [-0.4, -0.2) is 39.8 Å². The lowest BCUT2D eigenvalue weighted by molar-refractivity contribution is 0.523. The van der Waals surface area contributed by atoms with Gasteiger partial charge in [0.2, 0.25) is 0 Å². The quantitative estimate of drug-likeness (QED) is 0.345. The highest BCUT2D eigenvalue weighted by Crippen LogP contribution is 2.23. The lowest BCUT2D eigenvalue weighted by atomic mass is 10.1. The molecule has 2 rings (SSSR count). The van der Waals surface area contributed by atoms with Gasteiger partial charge in [-0.2, -0.15) is 0 Å². The van der Waals surface area contributed by atoms with Crippen molar-refractivity contribution in [3.8, 4) is 0 Å². The SMILES string of the molecule is CN=C(NCc1ccc(F)c(C)c1)NCc1ccc(S(=O)(=O)N(C)C)s1.I. The summed E-state index contributed by atoms with van der Waals surface area (Å²) in [7, 11) is 1.27. The van der Waals surface area contributed by atoms with Crippen molar-refractivity contribution in [2.24, 2.45) is 4.99 Å². The first-order valence-corrected chi connectivity index (χ1v) is 10.2. The van der Waals surface area contributed by atoms with Crippen LogP contribution in [0.2, 0.25) is 0 Å². The van der Waals surface area contributed by atoms with Crippen LogP contribution in [0, 0.1) is 12.7 Å². The Hall–Kier alpha value is -1.24. The second-order valence-corrected chi connectivity index (χ2v) is 9.42.